The maximum atomic E-state index is 12.3. The molecule has 1 fully saturated rings. The lowest BCUT2D eigenvalue weighted by atomic mass is 10.1. The van der Waals surface area contributed by atoms with Gasteiger partial charge in [-0.25, -0.2) is 23.8 Å². The smallest absolute Gasteiger partial charge is 0.387 e. The van der Waals surface area contributed by atoms with Gasteiger partial charge in [0.25, 0.3) is 2.72 Å². The van der Waals surface area contributed by atoms with E-state index in [1.54, 1.807) is 24.3 Å². The van der Waals surface area contributed by atoms with Gasteiger partial charge in [0, 0.05) is 10.5 Å². The summed E-state index contributed by atoms with van der Waals surface area (Å²) in [5.74, 6) is 0.182. The number of hydrogen-bond donors (Lipinski definition) is 8. The number of rotatable bonds is 9. The van der Waals surface area contributed by atoms with Gasteiger partial charge in [-0.3, -0.25) is 18.2 Å². The van der Waals surface area contributed by atoms with E-state index >= 15 is 0 Å². The zero-order chi connectivity index (χ0) is 29.8. The molecule has 4 rings (SSSR count). The molecule has 2 aromatic heterocycles. The number of nitrogens with two attached hydrogens (primary N) is 1. The molecule has 0 aliphatic carbocycles. The molecule has 3 heterocycles. The fourth-order valence-corrected chi connectivity index (χ4v) is 8.66. The molecule has 2 unspecified atom stereocenters. The van der Waals surface area contributed by atoms with Crippen LogP contribution in [0.5, 0.6) is 0 Å². The van der Waals surface area contributed by atoms with Crippen molar-refractivity contribution in [1.29, 1.82) is 0 Å². The minimum atomic E-state index is -5.61. The van der Waals surface area contributed by atoms with Gasteiger partial charge in [-0.1, -0.05) is 18.2 Å². The number of halogens is 2. The lowest BCUT2D eigenvalue weighted by molar-refractivity contribution is -0.0501. The van der Waals surface area contributed by atoms with E-state index in [0.29, 0.717) is 10.5 Å². The van der Waals surface area contributed by atoms with Gasteiger partial charge in [-0.15, -0.1) is 12.6 Å². The van der Waals surface area contributed by atoms with Crippen molar-refractivity contribution in [3.63, 3.8) is 0 Å². The summed E-state index contributed by atoms with van der Waals surface area (Å²) in [5, 5.41) is 21.2. The van der Waals surface area contributed by atoms with Crippen LogP contribution in [0.2, 0.25) is 0 Å². The highest BCUT2D eigenvalue weighted by atomic mass is 79.9. The predicted octanol–water partition coefficient (Wildman–Crippen LogP) is 1.88. The van der Waals surface area contributed by atoms with E-state index in [-0.39, 0.29) is 22.8 Å². The first-order valence-electron chi connectivity index (χ1n) is 10.6. The summed E-state index contributed by atoms with van der Waals surface area (Å²) in [7, 11) is -16.6. The number of ether oxygens (including phenoxy) is 1. The summed E-state index contributed by atoms with van der Waals surface area (Å²) in [6.07, 6.45) is -5.03. The molecule has 0 bridgehead atoms. The fraction of sp³-hybridized carbons (Fsp3) is 0.353. The third kappa shape index (κ3) is 6.13. The number of nitrogens with zero attached hydrogens (tertiary/aromatic N) is 4. The predicted molar refractivity (Wildman–Crippen MR) is 148 cm³/mol. The Morgan fingerprint density at radius 1 is 1.10 bits per heavy atom. The van der Waals surface area contributed by atoms with Crippen molar-refractivity contribution in [3.05, 3.63) is 30.6 Å². The number of alkyl halides is 2. The molecule has 1 aliphatic heterocycles. The lowest BCUT2D eigenvalue weighted by Crippen LogP contribution is -2.33. The first kappa shape index (κ1) is 32.1. The molecule has 8 N–H and O–H groups in total. The number of thiol groups is 1. The van der Waals surface area contributed by atoms with Gasteiger partial charge >= 0.3 is 23.0 Å². The van der Waals surface area contributed by atoms with Crippen LogP contribution in [-0.4, -0.2) is 76.9 Å². The van der Waals surface area contributed by atoms with Crippen molar-refractivity contribution in [2.45, 2.75) is 32.2 Å². The van der Waals surface area contributed by atoms with Crippen molar-refractivity contribution in [2.24, 2.45) is 0 Å². The molecule has 6 atom stereocenters. The second-order valence-corrected chi connectivity index (χ2v) is 20.3. The summed E-state index contributed by atoms with van der Waals surface area (Å²) >= 11 is 8.97. The number of nitrogen functional groups attached to an aromatic ring is 1. The molecular formula is C17H20Br2N5O12P3S. The number of anilines is 1. The Morgan fingerprint density at radius 2 is 1.75 bits per heavy atom. The van der Waals surface area contributed by atoms with E-state index in [4.69, 9.17) is 10.5 Å². The second-order valence-electron chi connectivity index (χ2n) is 8.24. The Bertz CT molecular complexity index is 1590. The fourth-order valence-electron chi connectivity index (χ4n) is 3.55. The Labute approximate surface area is 246 Å². The van der Waals surface area contributed by atoms with Gasteiger partial charge in [-0.05, 0) is 37.9 Å². The van der Waals surface area contributed by atoms with Crippen molar-refractivity contribution in [2.75, 3.05) is 12.3 Å². The maximum absolute atomic E-state index is 12.3. The van der Waals surface area contributed by atoms with Gasteiger partial charge in [0.1, 0.15) is 23.8 Å². The molecule has 1 aliphatic rings. The highest BCUT2D eigenvalue weighted by molar-refractivity contribution is 9.29. The van der Waals surface area contributed by atoms with Crippen molar-refractivity contribution in [3.8, 4) is 11.4 Å². The zero-order valence-electron chi connectivity index (χ0n) is 19.4. The summed E-state index contributed by atoms with van der Waals surface area (Å²) in [6, 6.07) is 6.92. The monoisotopic (exact) mass is 769 g/mol. The highest BCUT2D eigenvalue weighted by Crippen LogP contribution is 2.81. The van der Waals surface area contributed by atoms with E-state index < -0.39 is 56.9 Å². The van der Waals surface area contributed by atoms with Gasteiger partial charge < -0.3 is 40.3 Å². The molecule has 40 heavy (non-hydrogen) atoms. The zero-order valence-corrected chi connectivity index (χ0v) is 26.2. The summed E-state index contributed by atoms with van der Waals surface area (Å²) in [6.45, 7) is -0.974. The third-order valence-electron chi connectivity index (χ3n) is 5.51. The van der Waals surface area contributed by atoms with Crippen LogP contribution in [0.1, 0.15) is 6.23 Å². The highest BCUT2D eigenvalue weighted by Gasteiger charge is 2.61. The van der Waals surface area contributed by atoms with Crippen molar-refractivity contribution in [1.82, 2.24) is 19.5 Å². The lowest BCUT2D eigenvalue weighted by Gasteiger charge is -2.27. The Balaban J connectivity index is 1.55. The van der Waals surface area contributed by atoms with Crippen LogP contribution in [-0.2, 0) is 27.3 Å². The van der Waals surface area contributed by atoms with Crippen LogP contribution < -0.4 is 5.73 Å². The first-order valence-corrected chi connectivity index (χ1v) is 17.3. The topological polar surface area (TPSA) is 270 Å². The number of phosphoric ester groups is 1. The normalized spacial score (nSPS) is 25.1. The number of phosphoric acid groups is 1. The molecule has 3 aromatic rings. The molecule has 1 saturated heterocycles. The number of benzene rings is 1. The van der Waals surface area contributed by atoms with E-state index in [1.165, 1.54) is 10.9 Å². The second kappa shape index (κ2) is 11.4. The number of aromatic nitrogens is 4. The summed E-state index contributed by atoms with van der Waals surface area (Å²) < 4.78 is 48.6. The van der Waals surface area contributed by atoms with Gasteiger partial charge in [0.2, 0.25) is 0 Å². The summed E-state index contributed by atoms with van der Waals surface area (Å²) in [5.41, 5.74) is 6.85. The van der Waals surface area contributed by atoms with Crippen molar-refractivity contribution >= 4 is 84.5 Å². The van der Waals surface area contributed by atoms with Crippen LogP contribution in [0.3, 0.4) is 0 Å². The maximum Gasteiger partial charge on any atom is 0.479 e. The number of aliphatic hydroxyl groups excluding tert-OH is 2. The van der Waals surface area contributed by atoms with Crippen LogP contribution in [0, 0.1) is 0 Å². The molecule has 17 nitrogen and oxygen atoms in total. The SMILES string of the molecule is Nc1nc(-c2ccccc2S)nc2c1ncn2[C@@H]1O[C@H](COP(=O)(O)OP(=O)(O)C(Br)(Br)P(=O)(O)O)[C@@H](O)[C@H]1O. The van der Waals surface area contributed by atoms with Crippen LogP contribution in [0.15, 0.2) is 35.5 Å². The van der Waals surface area contributed by atoms with Gasteiger partial charge in [-0.2, -0.15) is 0 Å². The number of hydrogen-bond acceptors (Lipinski definition) is 13. The van der Waals surface area contributed by atoms with E-state index in [2.05, 4.69) is 68.3 Å². The molecule has 23 heteroatoms. The van der Waals surface area contributed by atoms with E-state index in [0.717, 1.165) is 0 Å². The molecule has 1 aromatic carbocycles. The summed E-state index contributed by atoms with van der Waals surface area (Å²) in [4.78, 5) is 51.6. The minimum absolute atomic E-state index is 0.0000190. The molecule has 220 valence electrons. The van der Waals surface area contributed by atoms with E-state index in [9.17, 15) is 43.5 Å². The number of aliphatic hydroxyl groups is 2. The standard InChI is InChI=1S/C17H20Br2N5O12P3S/c18-17(19,37(27,28)29)38(30,31)36-39(32,33)34-5-8-11(25)12(26)16(35-8)24-6-21-10-13(20)22-14(23-15(10)24)7-3-1-2-4-9(7)40/h1-4,6,8,11-12,16,25-26,40H,5H2,(H,30,31)(H,32,33)(H2,20,22,23)(H2,27,28,29)/t8-,11-,12-,16-/m1/s1. The van der Waals surface area contributed by atoms with Crippen LogP contribution >= 0.6 is 67.5 Å². The molecule has 0 amide bonds. The minimum Gasteiger partial charge on any atom is -0.387 e. The molecular weight excluding hydrogens is 751 g/mol. The molecule has 0 radical (unpaired) electrons. The third-order valence-corrected chi connectivity index (χ3v) is 16.5. The van der Waals surface area contributed by atoms with E-state index in [1.807, 2.05) is 0 Å². The quantitative estimate of drug-likeness (QED) is 0.0877. The van der Waals surface area contributed by atoms with Gasteiger partial charge in [0.15, 0.2) is 23.5 Å². The van der Waals surface area contributed by atoms with Crippen LogP contribution in [0.25, 0.3) is 22.6 Å². The largest absolute Gasteiger partial charge is 0.479 e. The number of fused-ring (bicyclic) bond motifs is 1. The molecule has 0 saturated carbocycles. The Hall–Kier alpha value is -0.790. The van der Waals surface area contributed by atoms with Gasteiger partial charge in [0.05, 0.1) is 12.9 Å². The van der Waals surface area contributed by atoms with Crippen LogP contribution in [0.4, 0.5) is 5.82 Å². The Morgan fingerprint density at radius 3 is 2.38 bits per heavy atom. The number of imidazole rings is 1. The first-order chi connectivity index (χ1) is 18.4. The average molecular weight is 771 g/mol. The molecule has 0 spiro atoms. The average Bonchev–Trinajstić information content (AvgIpc) is 3.38. The Kier molecular flexibility index (Phi) is 9.13. The van der Waals surface area contributed by atoms with Crippen molar-refractivity contribution < 1.29 is 57.1 Å².